The van der Waals surface area contributed by atoms with Crippen molar-refractivity contribution in [1.29, 1.82) is 0 Å². The number of rotatable bonds is 2. The molecule has 2 amide bonds. The smallest absolute Gasteiger partial charge is 0.320 e. The number of amides is 2. The predicted octanol–water partition coefficient (Wildman–Crippen LogP) is 3.66. The van der Waals surface area contributed by atoms with Gasteiger partial charge in [0.1, 0.15) is 5.82 Å². The Balaban J connectivity index is 2.39. The second kappa shape index (κ2) is 5.20. The molecule has 1 aliphatic rings. The quantitative estimate of drug-likeness (QED) is 0.765. The molecule has 0 spiro atoms. The maximum atomic E-state index is 13.5. The number of hydrogen-bond donors (Lipinski definition) is 0. The molecule has 1 atom stereocenters. The molecule has 0 N–H and O–H groups in total. The number of alkyl halides is 3. The van der Waals surface area contributed by atoms with Crippen LogP contribution in [-0.4, -0.2) is 35.5 Å². The van der Waals surface area contributed by atoms with E-state index in [1.54, 1.807) is 4.90 Å². The van der Waals surface area contributed by atoms with E-state index in [0.717, 1.165) is 12.1 Å². The molecule has 2 rings (SSSR count). The van der Waals surface area contributed by atoms with Gasteiger partial charge in [-0.3, -0.25) is 0 Å². The number of nitrogens with zero attached hydrogens (tertiary/aromatic N) is 2. The fourth-order valence-corrected chi connectivity index (χ4v) is 2.45. The highest BCUT2D eigenvalue weighted by molar-refractivity contribution is 5.77. The zero-order valence-corrected chi connectivity index (χ0v) is 11.9. The van der Waals surface area contributed by atoms with E-state index in [4.69, 9.17) is 0 Å². The van der Waals surface area contributed by atoms with Crippen molar-refractivity contribution in [3.8, 4) is 0 Å². The van der Waals surface area contributed by atoms with Gasteiger partial charge >= 0.3 is 12.2 Å². The predicted molar refractivity (Wildman–Crippen MR) is 69.1 cm³/mol. The highest BCUT2D eigenvalue weighted by Crippen LogP contribution is 2.35. The van der Waals surface area contributed by atoms with E-state index >= 15 is 0 Å². The third-order valence-electron chi connectivity index (χ3n) is 3.64. The molecule has 1 aliphatic heterocycles. The molecule has 1 heterocycles. The summed E-state index contributed by atoms with van der Waals surface area (Å²) in [5.74, 6) is -0.955. The van der Waals surface area contributed by atoms with Crippen molar-refractivity contribution in [3.05, 3.63) is 35.1 Å². The van der Waals surface area contributed by atoms with Gasteiger partial charge in [-0.15, -0.1) is 0 Å². The molecule has 7 heteroatoms. The summed E-state index contributed by atoms with van der Waals surface area (Å²) in [6.07, 6.45) is -4.62. The highest BCUT2D eigenvalue weighted by Gasteiger charge is 2.38. The summed E-state index contributed by atoms with van der Waals surface area (Å²) in [6.45, 7) is 3.88. The number of halogens is 4. The molecule has 0 saturated carbocycles. The summed E-state index contributed by atoms with van der Waals surface area (Å²) >= 11 is 0. The van der Waals surface area contributed by atoms with Crippen LogP contribution in [0.15, 0.2) is 18.2 Å². The summed E-state index contributed by atoms with van der Waals surface area (Å²) in [7, 11) is 1.51. The van der Waals surface area contributed by atoms with Crippen LogP contribution in [0, 0.1) is 5.82 Å². The summed E-state index contributed by atoms with van der Waals surface area (Å²) < 4.78 is 51.7. The van der Waals surface area contributed by atoms with E-state index in [2.05, 4.69) is 0 Å². The summed E-state index contributed by atoms with van der Waals surface area (Å²) in [4.78, 5) is 14.9. The Morgan fingerprint density at radius 3 is 2.33 bits per heavy atom. The second-order valence-corrected chi connectivity index (χ2v) is 5.43. The summed E-state index contributed by atoms with van der Waals surface area (Å²) in [5.41, 5.74) is -0.886. The number of carbonyl (C=O) groups excluding carboxylic acids is 1. The van der Waals surface area contributed by atoms with E-state index in [9.17, 15) is 22.4 Å². The molecule has 3 nitrogen and oxygen atoms in total. The first-order valence-electron chi connectivity index (χ1n) is 6.52. The third kappa shape index (κ3) is 2.96. The van der Waals surface area contributed by atoms with Crippen LogP contribution in [0.1, 0.15) is 31.0 Å². The van der Waals surface area contributed by atoms with Crippen molar-refractivity contribution >= 4 is 6.03 Å². The lowest BCUT2D eigenvalue weighted by atomic mass is 10.0. The van der Waals surface area contributed by atoms with Gasteiger partial charge in [0.05, 0.1) is 11.6 Å². The monoisotopic (exact) mass is 304 g/mol. The van der Waals surface area contributed by atoms with Gasteiger partial charge in [-0.25, -0.2) is 9.18 Å². The van der Waals surface area contributed by atoms with Gasteiger partial charge in [-0.1, -0.05) is 0 Å². The van der Waals surface area contributed by atoms with Gasteiger partial charge in [-0.2, -0.15) is 13.2 Å². The van der Waals surface area contributed by atoms with Crippen LogP contribution in [0.3, 0.4) is 0 Å². The molecule has 1 fully saturated rings. The van der Waals surface area contributed by atoms with E-state index in [1.807, 2.05) is 13.8 Å². The molecule has 0 aliphatic carbocycles. The molecule has 1 saturated heterocycles. The number of carbonyl (C=O) groups is 1. The molecule has 0 bridgehead atoms. The van der Waals surface area contributed by atoms with Crippen molar-refractivity contribution in [2.45, 2.75) is 32.1 Å². The van der Waals surface area contributed by atoms with Crippen LogP contribution in [0.5, 0.6) is 0 Å². The van der Waals surface area contributed by atoms with Crippen molar-refractivity contribution < 1.29 is 22.4 Å². The minimum Gasteiger partial charge on any atom is -0.320 e. The van der Waals surface area contributed by atoms with Crippen molar-refractivity contribution in [2.24, 2.45) is 0 Å². The normalized spacial score (nSPS) is 19.8. The second-order valence-electron chi connectivity index (χ2n) is 5.43. The van der Waals surface area contributed by atoms with Gasteiger partial charge < -0.3 is 9.80 Å². The molecule has 1 aromatic rings. The minimum atomic E-state index is -4.62. The van der Waals surface area contributed by atoms with Crippen LogP contribution in [-0.2, 0) is 6.18 Å². The number of likely N-dealkylation sites (N-methyl/N-ethyl adjacent to an activating group) is 1. The van der Waals surface area contributed by atoms with E-state index in [0.29, 0.717) is 6.07 Å². The molecular weight excluding hydrogens is 288 g/mol. The lowest BCUT2D eigenvalue weighted by molar-refractivity contribution is -0.137. The molecule has 1 aromatic carbocycles. The third-order valence-corrected chi connectivity index (χ3v) is 3.64. The first-order valence-corrected chi connectivity index (χ1v) is 6.52. The van der Waals surface area contributed by atoms with E-state index in [-0.39, 0.29) is 24.2 Å². The zero-order chi connectivity index (χ0) is 15.9. The van der Waals surface area contributed by atoms with Crippen LogP contribution >= 0.6 is 0 Å². The standard InChI is InChI=1S/C14H16F4N2O/c1-8(2)20-7-12(19(3)13(20)21)9-4-10(14(16,17)18)6-11(15)5-9/h4-6,8,12H,7H2,1-3H3. The maximum Gasteiger partial charge on any atom is 0.416 e. The van der Waals surface area contributed by atoms with Gasteiger partial charge in [0, 0.05) is 19.6 Å². The topological polar surface area (TPSA) is 23.6 Å². The van der Waals surface area contributed by atoms with Crippen molar-refractivity contribution in [1.82, 2.24) is 9.80 Å². The van der Waals surface area contributed by atoms with Gasteiger partial charge in [0.25, 0.3) is 0 Å². The van der Waals surface area contributed by atoms with Gasteiger partial charge in [0.15, 0.2) is 0 Å². The van der Waals surface area contributed by atoms with E-state index in [1.165, 1.54) is 11.9 Å². The Bertz CT molecular complexity index is 556. The molecule has 0 aromatic heterocycles. The Kier molecular flexibility index (Phi) is 3.86. The van der Waals surface area contributed by atoms with Crippen LogP contribution < -0.4 is 0 Å². The van der Waals surface area contributed by atoms with Crippen molar-refractivity contribution in [2.75, 3.05) is 13.6 Å². The zero-order valence-electron chi connectivity index (χ0n) is 11.9. The fraction of sp³-hybridized carbons (Fsp3) is 0.500. The van der Waals surface area contributed by atoms with Gasteiger partial charge in [0.2, 0.25) is 0 Å². The SMILES string of the molecule is CC(C)N1CC(c2cc(F)cc(C(F)(F)F)c2)N(C)C1=O. The molecule has 1 unspecified atom stereocenters. The molecule has 116 valence electrons. The lowest BCUT2D eigenvalue weighted by Gasteiger charge is -2.19. The largest absolute Gasteiger partial charge is 0.416 e. The number of benzene rings is 1. The average Bonchev–Trinajstić information content (AvgIpc) is 2.65. The first-order chi connectivity index (χ1) is 9.61. The highest BCUT2D eigenvalue weighted by atomic mass is 19.4. The molecule has 0 radical (unpaired) electrons. The van der Waals surface area contributed by atoms with E-state index < -0.39 is 23.6 Å². The summed E-state index contributed by atoms with van der Waals surface area (Å²) in [6, 6.07) is 1.49. The Morgan fingerprint density at radius 2 is 1.86 bits per heavy atom. The minimum absolute atomic E-state index is 0.0689. The maximum absolute atomic E-state index is 13.5. The van der Waals surface area contributed by atoms with Gasteiger partial charge in [-0.05, 0) is 37.6 Å². The Labute approximate surface area is 120 Å². The fourth-order valence-electron chi connectivity index (χ4n) is 2.45. The van der Waals surface area contributed by atoms with Crippen LogP contribution in [0.2, 0.25) is 0 Å². The average molecular weight is 304 g/mol. The molecule has 21 heavy (non-hydrogen) atoms. The number of hydrogen-bond acceptors (Lipinski definition) is 1. The van der Waals surface area contributed by atoms with Crippen LogP contribution in [0.25, 0.3) is 0 Å². The Hall–Kier alpha value is -1.79. The first kappa shape index (κ1) is 15.6. The lowest BCUT2D eigenvalue weighted by Crippen LogP contribution is -2.34. The Morgan fingerprint density at radius 1 is 1.24 bits per heavy atom. The number of urea groups is 1. The summed E-state index contributed by atoms with van der Waals surface area (Å²) in [5, 5.41) is 0. The van der Waals surface area contributed by atoms with Crippen molar-refractivity contribution in [3.63, 3.8) is 0 Å². The van der Waals surface area contributed by atoms with Crippen LogP contribution in [0.4, 0.5) is 22.4 Å². The molecular formula is C14H16F4N2O.